The van der Waals surface area contributed by atoms with Crippen LogP contribution in [0, 0.1) is 0 Å². The highest BCUT2D eigenvalue weighted by molar-refractivity contribution is 7.99. The van der Waals surface area contributed by atoms with Crippen molar-refractivity contribution < 1.29 is 9.90 Å². The van der Waals surface area contributed by atoms with E-state index in [-0.39, 0.29) is 10.9 Å². The number of hydrogen-bond acceptors (Lipinski definition) is 5. The Kier molecular flexibility index (Phi) is 4.54. The molecule has 1 saturated carbocycles. The van der Waals surface area contributed by atoms with Gasteiger partial charge in [-0.2, -0.15) is 0 Å². The second kappa shape index (κ2) is 6.01. The molecule has 0 bridgehead atoms. The van der Waals surface area contributed by atoms with Crippen molar-refractivity contribution in [3.8, 4) is 0 Å². The van der Waals surface area contributed by atoms with E-state index in [1.165, 1.54) is 11.8 Å². The Hall–Kier alpha value is -1.28. The lowest BCUT2D eigenvalue weighted by Gasteiger charge is -2.23. The Labute approximate surface area is 121 Å². The quantitative estimate of drug-likeness (QED) is 0.714. The number of nitrogens with zero attached hydrogens (tertiary/aromatic N) is 2. The third-order valence-corrected chi connectivity index (χ3v) is 5.06. The van der Waals surface area contributed by atoms with Crippen LogP contribution in [0.15, 0.2) is 9.95 Å². The summed E-state index contributed by atoms with van der Waals surface area (Å²) in [5, 5.41) is 19.6. The molecule has 8 heteroatoms. The lowest BCUT2D eigenvalue weighted by atomic mass is 9.99. The van der Waals surface area contributed by atoms with Gasteiger partial charge < -0.3 is 10.4 Å². The number of thioether (sulfide) groups is 1. The third kappa shape index (κ3) is 2.76. The minimum Gasteiger partial charge on any atom is -0.480 e. The summed E-state index contributed by atoms with van der Waals surface area (Å²) in [4.78, 5) is 23.0. The maximum Gasteiger partial charge on any atom is 0.343 e. The Bertz CT molecular complexity index is 541. The number of rotatable bonds is 6. The normalized spacial score (nSPS) is 26.0. The maximum absolute atomic E-state index is 11.6. The Balaban J connectivity index is 2.09. The standard InChI is InChI=1S/C12H20N4O3S/c1-3-6-16-10(19)14-15-11(16)20-8-4-5-12(7-8,13-2)9(17)18/h8,13H,3-7H2,1-2H3,(H,14,19)(H,17,18). The number of nitrogens with one attached hydrogen (secondary N) is 2. The van der Waals surface area contributed by atoms with Gasteiger partial charge in [0.25, 0.3) is 0 Å². The molecule has 0 radical (unpaired) electrons. The van der Waals surface area contributed by atoms with Crippen LogP contribution in [0.3, 0.4) is 0 Å². The molecule has 112 valence electrons. The van der Waals surface area contributed by atoms with Gasteiger partial charge in [-0.3, -0.25) is 9.36 Å². The summed E-state index contributed by atoms with van der Waals surface area (Å²) in [6.07, 6.45) is 2.79. The van der Waals surface area contributed by atoms with Crippen LogP contribution in [-0.2, 0) is 11.3 Å². The van der Waals surface area contributed by atoms with E-state index in [9.17, 15) is 14.7 Å². The van der Waals surface area contributed by atoms with Gasteiger partial charge in [-0.15, -0.1) is 5.10 Å². The molecule has 2 rings (SSSR count). The van der Waals surface area contributed by atoms with Crippen LogP contribution in [0.1, 0.15) is 32.6 Å². The highest BCUT2D eigenvalue weighted by Crippen LogP contribution is 2.39. The van der Waals surface area contributed by atoms with E-state index in [0.29, 0.717) is 24.5 Å². The van der Waals surface area contributed by atoms with Crippen LogP contribution >= 0.6 is 11.8 Å². The fourth-order valence-corrected chi connectivity index (χ4v) is 3.89. The molecule has 0 spiro atoms. The first-order chi connectivity index (χ1) is 9.52. The molecule has 20 heavy (non-hydrogen) atoms. The van der Waals surface area contributed by atoms with Gasteiger partial charge in [-0.1, -0.05) is 18.7 Å². The van der Waals surface area contributed by atoms with Crippen molar-refractivity contribution in [2.75, 3.05) is 7.05 Å². The molecule has 0 saturated heterocycles. The molecule has 1 aliphatic carbocycles. The molecule has 1 aromatic heterocycles. The predicted molar refractivity (Wildman–Crippen MR) is 76.1 cm³/mol. The summed E-state index contributed by atoms with van der Waals surface area (Å²) in [5.74, 6) is -0.809. The minimum absolute atomic E-state index is 0.157. The van der Waals surface area contributed by atoms with E-state index in [2.05, 4.69) is 15.5 Å². The monoisotopic (exact) mass is 300 g/mol. The molecular formula is C12H20N4O3S. The SMILES string of the molecule is CCCn1c(SC2CCC(NC)(C(=O)O)C2)n[nH]c1=O. The molecular weight excluding hydrogens is 280 g/mol. The largest absolute Gasteiger partial charge is 0.480 e. The molecule has 3 N–H and O–H groups in total. The van der Waals surface area contributed by atoms with E-state index in [0.717, 1.165) is 12.8 Å². The van der Waals surface area contributed by atoms with Crippen LogP contribution in [0.25, 0.3) is 0 Å². The van der Waals surface area contributed by atoms with Gasteiger partial charge >= 0.3 is 11.7 Å². The van der Waals surface area contributed by atoms with Crippen molar-refractivity contribution in [3.63, 3.8) is 0 Å². The fraction of sp³-hybridized carbons (Fsp3) is 0.750. The first-order valence-corrected chi connectivity index (χ1v) is 7.64. The van der Waals surface area contributed by atoms with Gasteiger partial charge in [-0.05, 0) is 32.7 Å². The van der Waals surface area contributed by atoms with Crippen LogP contribution in [0.5, 0.6) is 0 Å². The van der Waals surface area contributed by atoms with Crippen LogP contribution in [0.4, 0.5) is 0 Å². The molecule has 0 amide bonds. The smallest absolute Gasteiger partial charge is 0.343 e. The molecule has 1 aliphatic rings. The molecule has 1 fully saturated rings. The third-order valence-electron chi connectivity index (χ3n) is 3.80. The Morgan fingerprint density at radius 3 is 3.00 bits per heavy atom. The highest BCUT2D eigenvalue weighted by Gasteiger charge is 2.45. The average molecular weight is 300 g/mol. The fourth-order valence-electron chi connectivity index (χ4n) is 2.59. The molecule has 7 nitrogen and oxygen atoms in total. The van der Waals surface area contributed by atoms with Crippen LogP contribution in [-0.4, -0.2) is 43.7 Å². The molecule has 1 aromatic rings. The number of carbonyl (C=O) groups is 1. The maximum atomic E-state index is 11.6. The molecule has 2 unspecified atom stereocenters. The van der Waals surface area contributed by atoms with Gasteiger partial charge in [0.05, 0.1) is 0 Å². The number of aromatic amines is 1. The Morgan fingerprint density at radius 1 is 1.70 bits per heavy atom. The van der Waals surface area contributed by atoms with Gasteiger partial charge in [0, 0.05) is 11.8 Å². The highest BCUT2D eigenvalue weighted by atomic mass is 32.2. The van der Waals surface area contributed by atoms with E-state index >= 15 is 0 Å². The number of carboxylic acid groups (broad SMARTS) is 1. The van der Waals surface area contributed by atoms with Gasteiger partial charge in [0.15, 0.2) is 5.16 Å². The van der Waals surface area contributed by atoms with E-state index in [1.807, 2.05) is 6.92 Å². The van der Waals surface area contributed by atoms with Crippen LogP contribution < -0.4 is 11.0 Å². The first-order valence-electron chi connectivity index (χ1n) is 6.76. The van der Waals surface area contributed by atoms with Crippen molar-refractivity contribution >= 4 is 17.7 Å². The number of hydrogen-bond donors (Lipinski definition) is 3. The summed E-state index contributed by atoms with van der Waals surface area (Å²) in [6.45, 7) is 2.63. The number of carboxylic acids is 1. The van der Waals surface area contributed by atoms with Crippen molar-refractivity contribution in [3.05, 3.63) is 10.5 Å². The molecule has 1 heterocycles. The molecule has 0 aromatic carbocycles. The summed E-state index contributed by atoms with van der Waals surface area (Å²) >= 11 is 1.49. The predicted octanol–water partition coefficient (Wildman–Crippen LogP) is 0.669. The Morgan fingerprint density at radius 2 is 2.45 bits per heavy atom. The summed E-state index contributed by atoms with van der Waals surface area (Å²) in [7, 11) is 1.68. The average Bonchev–Trinajstić information content (AvgIpc) is 2.98. The van der Waals surface area contributed by atoms with Crippen LogP contribution in [0.2, 0.25) is 0 Å². The second-order valence-corrected chi connectivity index (χ2v) is 6.35. The minimum atomic E-state index is -0.843. The summed E-state index contributed by atoms with van der Waals surface area (Å²) in [6, 6.07) is 0. The lowest BCUT2D eigenvalue weighted by Crippen LogP contribution is -2.48. The zero-order valence-electron chi connectivity index (χ0n) is 11.7. The van der Waals surface area contributed by atoms with E-state index in [4.69, 9.17) is 0 Å². The van der Waals surface area contributed by atoms with Crippen molar-refractivity contribution in [1.82, 2.24) is 20.1 Å². The lowest BCUT2D eigenvalue weighted by molar-refractivity contribution is -0.144. The molecule has 0 aliphatic heterocycles. The van der Waals surface area contributed by atoms with E-state index in [1.54, 1.807) is 11.6 Å². The number of aromatic nitrogens is 3. The van der Waals surface area contributed by atoms with Crippen molar-refractivity contribution in [1.29, 1.82) is 0 Å². The summed E-state index contributed by atoms with van der Waals surface area (Å²) in [5.41, 5.74) is -1.05. The van der Waals surface area contributed by atoms with Gasteiger partial charge in [-0.25, -0.2) is 9.89 Å². The topological polar surface area (TPSA) is 100 Å². The number of aliphatic carboxylic acids is 1. The zero-order valence-corrected chi connectivity index (χ0v) is 12.5. The summed E-state index contributed by atoms with van der Waals surface area (Å²) < 4.78 is 1.62. The molecule has 2 atom stereocenters. The zero-order chi connectivity index (χ0) is 14.8. The second-order valence-electron chi connectivity index (χ2n) is 5.08. The number of likely N-dealkylation sites (N-methyl/N-ethyl adjacent to an activating group) is 1. The first kappa shape index (κ1) is 15.1. The van der Waals surface area contributed by atoms with Crippen molar-refractivity contribution in [2.24, 2.45) is 0 Å². The van der Waals surface area contributed by atoms with Gasteiger partial charge in [0.1, 0.15) is 5.54 Å². The van der Waals surface area contributed by atoms with Crippen molar-refractivity contribution in [2.45, 2.75) is 55.1 Å². The van der Waals surface area contributed by atoms with E-state index < -0.39 is 11.5 Å². The number of H-pyrrole nitrogens is 1. The van der Waals surface area contributed by atoms with Gasteiger partial charge in [0.2, 0.25) is 0 Å².